The van der Waals surface area contributed by atoms with Gasteiger partial charge in [0.2, 0.25) is 0 Å². The van der Waals surface area contributed by atoms with Crippen LogP contribution in [0.25, 0.3) is 11.0 Å². The van der Waals surface area contributed by atoms with E-state index in [0.717, 1.165) is 6.07 Å². The summed E-state index contributed by atoms with van der Waals surface area (Å²) in [6, 6.07) is 2.58. The summed E-state index contributed by atoms with van der Waals surface area (Å²) >= 11 is 0. The lowest BCUT2D eigenvalue weighted by molar-refractivity contribution is 0.267. The molecule has 1 unspecified atom stereocenters. The normalized spacial score (nSPS) is 13.3. The minimum Gasteiger partial charge on any atom is -0.464 e. The highest BCUT2D eigenvalue weighted by atomic mass is 19.1. The minimum atomic E-state index is -0.684. The zero-order chi connectivity index (χ0) is 11.0. The van der Waals surface area contributed by atoms with Gasteiger partial charge in [-0.3, -0.25) is 0 Å². The van der Waals surface area contributed by atoms with Gasteiger partial charge in [-0.1, -0.05) is 6.92 Å². The van der Waals surface area contributed by atoms with Gasteiger partial charge in [0.1, 0.15) is 17.2 Å². The van der Waals surface area contributed by atoms with Gasteiger partial charge < -0.3 is 9.52 Å². The van der Waals surface area contributed by atoms with Crippen LogP contribution in [0.4, 0.5) is 8.78 Å². The van der Waals surface area contributed by atoms with Gasteiger partial charge in [0.15, 0.2) is 0 Å². The van der Waals surface area contributed by atoms with Gasteiger partial charge in [-0.2, -0.15) is 0 Å². The van der Waals surface area contributed by atoms with E-state index in [1.807, 2.05) is 0 Å². The van der Waals surface area contributed by atoms with Crippen LogP contribution in [0.2, 0.25) is 0 Å². The molecule has 2 nitrogen and oxygen atoms in total. The second-order valence-corrected chi connectivity index (χ2v) is 3.50. The predicted octanol–water partition coefficient (Wildman–Crippen LogP) is 2.81. The summed E-state index contributed by atoms with van der Waals surface area (Å²) in [5, 5.41) is 9.15. The maximum absolute atomic E-state index is 13.8. The summed E-state index contributed by atoms with van der Waals surface area (Å²) in [5.41, 5.74) is 0.0882. The van der Waals surface area contributed by atoms with E-state index in [-0.39, 0.29) is 23.1 Å². The molecule has 0 fully saturated rings. The average molecular weight is 212 g/mol. The number of rotatable bonds is 2. The van der Waals surface area contributed by atoms with Gasteiger partial charge in [0, 0.05) is 24.2 Å². The van der Waals surface area contributed by atoms with E-state index in [2.05, 4.69) is 0 Å². The van der Waals surface area contributed by atoms with Gasteiger partial charge in [-0.15, -0.1) is 0 Å². The second-order valence-electron chi connectivity index (χ2n) is 3.50. The van der Waals surface area contributed by atoms with Gasteiger partial charge in [0.25, 0.3) is 0 Å². The molecule has 1 N–H and O–H groups in total. The molecule has 2 rings (SSSR count). The molecule has 0 aliphatic rings. The molecule has 1 aromatic carbocycles. The molecule has 1 atom stereocenters. The number of fused-ring (bicyclic) bond motifs is 1. The first-order valence-corrected chi connectivity index (χ1v) is 4.61. The average Bonchev–Trinajstić information content (AvgIpc) is 2.65. The number of hydrogen-bond acceptors (Lipinski definition) is 2. The van der Waals surface area contributed by atoms with Crippen LogP contribution in [-0.4, -0.2) is 11.7 Å². The first-order valence-electron chi connectivity index (χ1n) is 4.61. The quantitative estimate of drug-likeness (QED) is 0.830. The van der Waals surface area contributed by atoms with Crippen molar-refractivity contribution in [3.8, 4) is 0 Å². The Hall–Kier alpha value is -1.42. The van der Waals surface area contributed by atoms with Crippen molar-refractivity contribution in [1.29, 1.82) is 0 Å². The van der Waals surface area contributed by atoms with Gasteiger partial charge in [0.05, 0.1) is 11.6 Å². The predicted molar refractivity (Wildman–Crippen MR) is 51.6 cm³/mol. The Bertz CT molecular complexity index is 491. The van der Waals surface area contributed by atoms with Crippen molar-refractivity contribution in [1.82, 2.24) is 0 Å². The molecule has 80 valence electrons. The third-order valence-corrected chi connectivity index (χ3v) is 2.45. The molecule has 0 radical (unpaired) electrons. The van der Waals surface area contributed by atoms with Gasteiger partial charge >= 0.3 is 0 Å². The third-order valence-electron chi connectivity index (χ3n) is 2.45. The Balaban J connectivity index is 2.72. The van der Waals surface area contributed by atoms with Crippen LogP contribution in [-0.2, 0) is 0 Å². The molecule has 1 heterocycles. The number of aliphatic hydroxyl groups excluding tert-OH is 1. The smallest absolute Gasteiger partial charge is 0.140 e. The number of furan rings is 1. The van der Waals surface area contributed by atoms with Crippen molar-refractivity contribution >= 4 is 11.0 Å². The second kappa shape index (κ2) is 3.62. The lowest BCUT2D eigenvalue weighted by Gasteiger charge is -2.10. The molecule has 0 spiro atoms. The van der Waals surface area contributed by atoms with Gasteiger partial charge in [-0.05, 0) is 6.07 Å². The minimum absolute atomic E-state index is 0.0913. The monoisotopic (exact) mass is 212 g/mol. The topological polar surface area (TPSA) is 33.4 Å². The fourth-order valence-electron chi connectivity index (χ4n) is 1.60. The van der Waals surface area contributed by atoms with E-state index in [4.69, 9.17) is 9.52 Å². The maximum atomic E-state index is 13.8. The van der Waals surface area contributed by atoms with E-state index in [1.54, 1.807) is 6.92 Å². The van der Waals surface area contributed by atoms with E-state index in [1.165, 1.54) is 12.3 Å². The standard InChI is InChI=1S/C11H10F2O2/c1-6(5-14)10-8(12)4-9-7(11(10)13)2-3-15-9/h2-4,6,14H,5H2,1H3. The van der Waals surface area contributed by atoms with Crippen LogP contribution in [0.3, 0.4) is 0 Å². The zero-order valence-electron chi connectivity index (χ0n) is 8.13. The molecule has 0 aliphatic heterocycles. The first-order chi connectivity index (χ1) is 7.15. The van der Waals surface area contributed by atoms with Crippen molar-refractivity contribution in [3.63, 3.8) is 0 Å². The largest absolute Gasteiger partial charge is 0.464 e. The van der Waals surface area contributed by atoms with E-state index in [9.17, 15) is 8.78 Å². The summed E-state index contributed by atoms with van der Waals surface area (Å²) in [6.45, 7) is 1.27. The van der Waals surface area contributed by atoms with Crippen LogP contribution in [0.5, 0.6) is 0 Å². The summed E-state index contributed by atoms with van der Waals surface area (Å²) in [6.07, 6.45) is 1.31. The molecule has 2 aromatic rings. The first kappa shape index (κ1) is 10.1. The van der Waals surface area contributed by atoms with E-state index < -0.39 is 17.6 Å². The highest BCUT2D eigenvalue weighted by Crippen LogP contribution is 2.29. The molecule has 0 bridgehead atoms. The summed E-state index contributed by atoms with van der Waals surface area (Å²) in [4.78, 5) is 0. The summed E-state index contributed by atoms with van der Waals surface area (Å²) in [5.74, 6) is -1.90. The number of aliphatic hydroxyl groups is 1. The lowest BCUT2D eigenvalue weighted by Crippen LogP contribution is -2.05. The molecule has 15 heavy (non-hydrogen) atoms. The molecule has 0 saturated carbocycles. The fourth-order valence-corrected chi connectivity index (χ4v) is 1.60. The molecule has 4 heteroatoms. The van der Waals surface area contributed by atoms with Crippen molar-refractivity contribution in [2.45, 2.75) is 12.8 Å². The zero-order valence-corrected chi connectivity index (χ0v) is 8.13. The van der Waals surface area contributed by atoms with Crippen molar-refractivity contribution in [3.05, 3.63) is 35.6 Å². The molecular weight excluding hydrogens is 202 g/mol. The lowest BCUT2D eigenvalue weighted by atomic mass is 9.99. The molecule has 0 amide bonds. The van der Waals surface area contributed by atoms with Crippen LogP contribution in [0.15, 0.2) is 22.8 Å². The Morgan fingerprint density at radius 1 is 1.47 bits per heavy atom. The Morgan fingerprint density at radius 2 is 2.20 bits per heavy atom. The third kappa shape index (κ3) is 1.51. The fraction of sp³-hybridized carbons (Fsp3) is 0.273. The molecule has 1 aromatic heterocycles. The Labute approximate surface area is 85.1 Å². The SMILES string of the molecule is CC(CO)c1c(F)cc2occc2c1F. The van der Waals surface area contributed by atoms with Crippen LogP contribution < -0.4 is 0 Å². The highest BCUT2D eigenvalue weighted by molar-refractivity contribution is 5.79. The molecule has 0 aliphatic carbocycles. The summed E-state index contributed by atoms with van der Waals surface area (Å²) in [7, 11) is 0. The molecule has 0 saturated heterocycles. The van der Waals surface area contributed by atoms with E-state index in [0.29, 0.717) is 0 Å². The highest BCUT2D eigenvalue weighted by Gasteiger charge is 2.19. The van der Waals surface area contributed by atoms with Crippen molar-refractivity contribution in [2.75, 3.05) is 6.61 Å². The van der Waals surface area contributed by atoms with Crippen molar-refractivity contribution in [2.24, 2.45) is 0 Å². The number of halogens is 2. The van der Waals surface area contributed by atoms with Crippen LogP contribution >= 0.6 is 0 Å². The summed E-state index contributed by atoms with van der Waals surface area (Å²) < 4.78 is 32.2. The number of benzene rings is 1. The Morgan fingerprint density at radius 3 is 2.87 bits per heavy atom. The van der Waals surface area contributed by atoms with Crippen molar-refractivity contribution < 1.29 is 18.3 Å². The Kier molecular flexibility index (Phi) is 2.44. The van der Waals surface area contributed by atoms with Crippen LogP contribution in [0.1, 0.15) is 18.4 Å². The van der Waals surface area contributed by atoms with E-state index >= 15 is 0 Å². The maximum Gasteiger partial charge on any atom is 0.140 e. The van der Waals surface area contributed by atoms with Crippen LogP contribution in [0, 0.1) is 11.6 Å². The van der Waals surface area contributed by atoms with Gasteiger partial charge in [-0.25, -0.2) is 8.78 Å². The molecular formula is C11H10F2O2. The number of hydrogen-bond donors (Lipinski definition) is 1.